The second-order valence-corrected chi connectivity index (χ2v) is 9.10. The minimum atomic E-state index is 0.555. The van der Waals surface area contributed by atoms with E-state index in [-0.39, 0.29) is 0 Å². The molecule has 0 heterocycles. The molecule has 5 rings (SSSR count). The molecule has 0 amide bonds. The van der Waals surface area contributed by atoms with Crippen LogP contribution < -0.4 is 0 Å². The van der Waals surface area contributed by atoms with E-state index in [0.29, 0.717) is 16.9 Å². The van der Waals surface area contributed by atoms with Gasteiger partial charge < -0.3 is 4.74 Å². The average molecular weight is 286 g/mol. The minimum Gasteiger partial charge on any atom is -0.381 e. The summed E-state index contributed by atoms with van der Waals surface area (Å²) in [6.07, 6.45) is 12.1. The van der Waals surface area contributed by atoms with Gasteiger partial charge in [-0.1, -0.05) is 25.0 Å². The fraction of sp³-hybridized carbons (Fsp3) is 0.900. The van der Waals surface area contributed by atoms with Gasteiger partial charge in [-0.25, -0.2) is 0 Å². The van der Waals surface area contributed by atoms with Crippen LogP contribution in [-0.4, -0.2) is 13.2 Å². The van der Waals surface area contributed by atoms with Crippen molar-refractivity contribution in [3.05, 3.63) is 11.1 Å². The Labute approximate surface area is 129 Å². The van der Waals surface area contributed by atoms with E-state index in [1.165, 1.54) is 51.4 Å². The highest BCUT2D eigenvalue weighted by Gasteiger charge is 2.76. The van der Waals surface area contributed by atoms with E-state index >= 15 is 0 Å². The molecule has 0 bridgehead atoms. The second kappa shape index (κ2) is 3.96. The van der Waals surface area contributed by atoms with Crippen LogP contribution in [0.15, 0.2) is 11.1 Å². The van der Waals surface area contributed by atoms with E-state index in [2.05, 4.69) is 13.8 Å². The number of hydrogen-bond donors (Lipinski definition) is 0. The zero-order chi connectivity index (χ0) is 14.4. The SMILES string of the molecule is CO[C@@H]1C[C@H]2C3=C(CC[C@@H]2[C@@]2(C)CC[C@@H]4C[C@]412)[C@@H](C)CC3. The molecule has 21 heavy (non-hydrogen) atoms. The van der Waals surface area contributed by atoms with Gasteiger partial charge in [-0.05, 0) is 80.5 Å². The van der Waals surface area contributed by atoms with E-state index in [1.54, 1.807) is 0 Å². The molecule has 1 heteroatoms. The smallest absolute Gasteiger partial charge is 0.0641 e. The monoisotopic (exact) mass is 286 g/mol. The van der Waals surface area contributed by atoms with Crippen molar-refractivity contribution in [1.29, 1.82) is 0 Å². The largest absolute Gasteiger partial charge is 0.381 e. The summed E-state index contributed by atoms with van der Waals surface area (Å²) in [6, 6.07) is 0. The van der Waals surface area contributed by atoms with Crippen LogP contribution in [0.5, 0.6) is 0 Å². The van der Waals surface area contributed by atoms with Crippen molar-refractivity contribution in [2.75, 3.05) is 7.11 Å². The molecule has 0 aliphatic heterocycles. The van der Waals surface area contributed by atoms with Gasteiger partial charge in [0.05, 0.1) is 6.10 Å². The summed E-state index contributed by atoms with van der Waals surface area (Å²) in [5.41, 5.74) is 4.95. The molecule has 1 spiro atoms. The van der Waals surface area contributed by atoms with Gasteiger partial charge in [0.25, 0.3) is 0 Å². The van der Waals surface area contributed by atoms with Crippen LogP contribution >= 0.6 is 0 Å². The van der Waals surface area contributed by atoms with E-state index in [4.69, 9.17) is 4.74 Å². The molecule has 1 nitrogen and oxygen atoms in total. The fourth-order valence-corrected chi connectivity index (χ4v) is 7.83. The highest BCUT2D eigenvalue weighted by atomic mass is 16.5. The number of hydrogen-bond acceptors (Lipinski definition) is 1. The molecule has 0 unspecified atom stereocenters. The van der Waals surface area contributed by atoms with Gasteiger partial charge in [0.2, 0.25) is 0 Å². The first-order valence-electron chi connectivity index (χ1n) is 9.36. The van der Waals surface area contributed by atoms with E-state index < -0.39 is 0 Å². The van der Waals surface area contributed by atoms with Crippen molar-refractivity contribution in [2.45, 2.75) is 71.3 Å². The van der Waals surface area contributed by atoms with E-state index in [9.17, 15) is 0 Å². The molecule has 116 valence electrons. The molecule has 0 aromatic rings. The lowest BCUT2D eigenvalue weighted by Crippen LogP contribution is -2.52. The lowest BCUT2D eigenvalue weighted by molar-refractivity contribution is -0.111. The van der Waals surface area contributed by atoms with Crippen LogP contribution in [-0.2, 0) is 4.74 Å². The number of ether oxygens (including phenoxy) is 1. The summed E-state index contributed by atoms with van der Waals surface area (Å²) in [5, 5.41) is 0. The maximum Gasteiger partial charge on any atom is 0.0641 e. The molecule has 0 saturated heterocycles. The van der Waals surface area contributed by atoms with Crippen molar-refractivity contribution >= 4 is 0 Å². The number of allylic oxidation sites excluding steroid dienone is 2. The highest BCUT2D eigenvalue weighted by molar-refractivity contribution is 5.34. The maximum absolute atomic E-state index is 6.12. The van der Waals surface area contributed by atoms with Gasteiger partial charge in [-0.15, -0.1) is 0 Å². The first kappa shape index (κ1) is 13.2. The van der Waals surface area contributed by atoms with Gasteiger partial charge in [-0.2, -0.15) is 0 Å². The summed E-state index contributed by atoms with van der Waals surface area (Å²) in [5.74, 6) is 3.73. The molecule has 0 N–H and O–H groups in total. The number of methoxy groups -OCH3 is 1. The van der Waals surface area contributed by atoms with Gasteiger partial charge in [0.1, 0.15) is 0 Å². The van der Waals surface area contributed by atoms with Crippen molar-refractivity contribution in [2.24, 2.45) is 34.5 Å². The quantitative estimate of drug-likeness (QED) is 0.619. The molecular weight excluding hydrogens is 256 g/mol. The zero-order valence-corrected chi connectivity index (χ0v) is 14.0. The molecule has 5 aliphatic rings. The van der Waals surface area contributed by atoms with Gasteiger partial charge >= 0.3 is 0 Å². The molecule has 5 aliphatic carbocycles. The molecule has 7 atom stereocenters. The summed E-state index contributed by atoms with van der Waals surface area (Å²) >= 11 is 0. The van der Waals surface area contributed by atoms with Crippen molar-refractivity contribution < 1.29 is 4.74 Å². The zero-order valence-electron chi connectivity index (χ0n) is 14.0. The van der Waals surface area contributed by atoms with Crippen LogP contribution in [0.4, 0.5) is 0 Å². The van der Waals surface area contributed by atoms with Gasteiger partial charge in [0, 0.05) is 12.5 Å². The Hall–Kier alpha value is -0.300. The second-order valence-electron chi connectivity index (χ2n) is 9.10. The molecule has 0 radical (unpaired) electrons. The van der Waals surface area contributed by atoms with Crippen LogP contribution in [0.3, 0.4) is 0 Å². The molecule has 3 saturated carbocycles. The Morgan fingerprint density at radius 1 is 1.10 bits per heavy atom. The molecule has 3 fully saturated rings. The first-order valence-corrected chi connectivity index (χ1v) is 9.36. The minimum absolute atomic E-state index is 0.555. The standard InChI is InChI=1S/C20H30O/c1-12-4-5-15-14(12)6-7-17-16(15)10-18(21-3)20-11-13(20)8-9-19(17,20)2/h12-13,16-18H,4-11H2,1-3H3/t12-,13+,16-,17-,18+,19+,20-/m0/s1. The van der Waals surface area contributed by atoms with Crippen molar-refractivity contribution in [3.8, 4) is 0 Å². The number of fused-ring (bicyclic) bond motifs is 3. The normalized spacial score (nSPS) is 57.6. The van der Waals surface area contributed by atoms with E-state index in [1.807, 2.05) is 18.3 Å². The first-order chi connectivity index (χ1) is 10.1. The summed E-state index contributed by atoms with van der Waals surface area (Å²) in [7, 11) is 1.99. The lowest BCUT2D eigenvalue weighted by Gasteiger charge is -2.56. The predicted molar refractivity (Wildman–Crippen MR) is 84.9 cm³/mol. The van der Waals surface area contributed by atoms with Crippen LogP contribution in [0, 0.1) is 34.5 Å². The Morgan fingerprint density at radius 2 is 1.90 bits per heavy atom. The highest BCUT2D eigenvalue weighted by Crippen LogP contribution is 2.81. The fourth-order valence-electron chi connectivity index (χ4n) is 7.83. The molecule has 0 aromatic heterocycles. The van der Waals surface area contributed by atoms with E-state index in [0.717, 1.165) is 23.7 Å². The Balaban J connectivity index is 1.59. The molecule has 0 aromatic carbocycles. The van der Waals surface area contributed by atoms with Crippen molar-refractivity contribution in [3.63, 3.8) is 0 Å². The van der Waals surface area contributed by atoms with Crippen LogP contribution in [0.1, 0.15) is 65.2 Å². The Bertz CT molecular complexity index is 520. The van der Waals surface area contributed by atoms with Crippen LogP contribution in [0.25, 0.3) is 0 Å². The van der Waals surface area contributed by atoms with Crippen LogP contribution in [0.2, 0.25) is 0 Å². The third-order valence-corrected chi connectivity index (χ3v) is 8.89. The Morgan fingerprint density at radius 3 is 2.67 bits per heavy atom. The summed E-state index contributed by atoms with van der Waals surface area (Å²) in [6.45, 7) is 5.13. The summed E-state index contributed by atoms with van der Waals surface area (Å²) < 4.78 is 6.12. The maximum atomic E-state index is 6.12. The van der Waals surface area contributed by atoms with Gasteiger partial charge in [-0.3, -0.25) is 0 Å². The topological polar surface area (TPSA) is 9.23 Å². The Kier molecular flexibility index (Phi) is 2.48. The van der Waals surface area contributed by atoms with Gasteiger partial charge in [0.15, 0.2) is 0 Å². The molecular formula is C20H30O. The third-order valence-electron chi connectivity index (χ3n) is 8.89. The summed E-state index contributed by atoms with van der Waals surface area (Å²) in [4.78, 5) is 0. The average Bonchev–Trinajstić information content (AvgIpc) is 2.99. The van der Waals surface area contributed by atoms with Crippen molar-refractivity contribution in [1.82, 2.24) is 0 Å². The predicted octanol–water partition coefficient (Wildman–Crippen LogP) is 4.96. The lowest BCUT2D eigenvalue weighted by atomic mass is 9.50. The number of rotatable bonds is 1. The third kappa shape index (κ3) is 1.35.